The molecule has 0 saturated heterocycles. The summed E-state index contributed by atoms with van der Waals surface area (Å²) in [5, 5.41) is 19.6. The molecule has 0 heterocycles. The van der Waals surface area contributed by atoms with Gasteiger partial charge in [-0.05, 0) is 67.8 Å². The van der Waals surface area contributed by atoms with E-state index in [9.17, 15) is 5.11 Å². The second-order valence-corrected chi connectivity index (χ2v) is 8.52. The summed E-state index contributed by atoms with van der Waals surface area (Å²) in [5.41, 5.74) is 3.04. The molecule has 0 amide bonds. The third kappa shape index (κ3) is 3.19. The molecular formula is C20H34O2. The molecule has 1 saturated carbocycles. The molecule has 0 radical (unpaired) electrons. The molecule has 1 fully saturated rings. The third-order valence-electron chi connectivity index (χ3n) is 6.69. The first-order valence-electron chi connectivity index (χ1n) is 8.84. The zero-order chi connectivity index (χ0) is 16.5. The van der Waals surface area contributed by atoms with Crippen molar-refractivity contribution in [2.24, 2.45) is 22.7 Å². The van der Waals surface area contributed by atoms with Crippen molar-refractivity contribution in [3.8, 4) is 0 Å². The van der Waals surface area contributed by atoms with Gasteiger partial charge >= 0.3 is 0 Å². The minimum atomic E-state index is -0.443. The maximum absolute atomic E-state index is 10.5. The van der Waals surface area contributed by atoms with Crippen LogP contribution in [0, 0.1) is 22.7 Å². The Hall–Kier alpha value is -0.600. The van der Waals surface area contributed by atoms with Crippen LogP contribution in [0.15, 0.2) is 23.3 Å². The van der Waals surface area contributed by atoms with Crippen LogP contribution in [0.3, 0.4) is 0 Å². The number of hydrogen-bond acceptors (Lipinski definition) is 2. The van der Waals surface area contributed by atoms with E-state index in [2.05, 4.69) is 33.8 Å². The first-order chi connectivity index (χ1) is 10.2. The highest BCUT2D eigenvalue weighted by Gasteiger charge is 2.51. The SMILES string of the molecule is CC1=CC[C@H]2C(C)(C)CCC[C@]2(C)[C@H]1C[C@@H](O)/C(C)=C\CO. The molecule has 0 aromatic carbocycles. The van der Waals surface area contributed by atoms with Gasteiger partial charge in [0.25, 0.3) is 0 Å². The molecule has 2 aliphatic carbocycles. The van der Waals surface area contributed by atoms with Crippen LogP contribution in [0.1, 0.15) is 66.7 Å². The number of allylic oxidation sites excluding steroid dienone is 2. The highest BCUT2D eigenvalue weighted by Crippen LogP contribution is 2.60. The van der Waals surface area contributed by atoms with E-state index in [-0.39, 0.29) is 6.61 Å². The van der Waals surface area contributed by atoms with Crippen molar-refractivity contribution in [2.45, 2.75) is 72.8 Å². The van der Waals surface area contributed by atoms with E-state index in [1.54, 1.807) is 6.08 Å². The van der Waals surface area contributed by atoms with E-state index in [0.29, 0.717) is 22.7 Å². The van der Waals surface area contributed by atoms with Crippen LogP contribution in [0.2, 0.25) is 0 Å². The summed E-state index contributed by atoms with van der Waals surface area (Å²) in [6.07, 6.45) is 9.57. The van der Waals surface area contributed by atoms with Gasteiger partial charge in [0.1, 0.15) is 0 Å². The van der Waals surface area contributed by atoms with Gasteiger partial charge < -0.3 is 10.2 Å². The number of aliphatic hydroxyl groups excluding tert-OH is 2. The van der Waals surface area contributed by atoms with Crippen LogP contribution in [-0.4, -0.2) is 22.9 Å². The minimum Gasteiger partial charge on any atom is -0.392 e. The second kappa shape index (κ2) is 6.49. The maximum Gasteiger partial charge on any atom is 0.0754 e. The van der Waals surface area contributed by atoms with Gasteiger partial charge in [-0.3, -0.25) is 0 Å². The Morgan fingerprint density at radius 1 is 1.36 bits per heavy atom. The molecule has 22 heavy (non-hydrogen) atoms. The van der Waals surface area contributed by atoms with E-state index >= 15 is 0 Å². The number of rotatable bonds is 4. The van der Waals surface area contributed by atoms with E-state index in [1.807, 2.05) is 6.92 Å². The molecule has 2 nitrogen and oxygen atoms in total. The molecule has 2 aliphatic rings. The van der Waals surface area contributed by atoms with Gasteiger partial charge in [0.15, 0.2) is 0 Å². The summed E-state index contributed by atoms with van der Waals surface area (Å²) in [7, 11) is 0. The Balaban J connectivity index is 2.27. The topological polar surface area (TPSA) is 40.5 Å². The first-order valence-corrected chi connectivity index (χ1v) is 8.84. The molecule has 0 aromatic heterocycles. The highest BCUT2D eigenvalue weighted by molar-refractivity contribution is 5.20. The van der Waals surface area contributed by atoms with Crippen molar-refractivity contribution < 1.29 is 10.2 Å². The monoisotopic (exact) mass is 306 g/mol. The fraction of sp³-hybridized carbons (Fsp3) is 0.800. The molecule has 0 unspecified atom stereocenters. The standard InChI is InChI=1S/C20H34O2/c1-14-7-8-18-19(3,4)10-6-11-20(18,5)16(14)13-17(22)15(2)9-12-21/h7,9,16-18,21-22H,6,8,10-13H2,1-5H3/b15-9-/t16-,17+,18-,20+/m0/s1. The second-order valence-electron chi connectivity index (χ2n) is 8.52. The molecule has 0 aromatic rings. The van der Waals surface area contributed by atoms with Gasteiger partial charge in [0.05, 0.1) is 12.7 Å². The number of aliphatic hydroxyl groups is 2. The molecule has 126 valence electrons. The quantitative estimate of drug-likeness (QED) is 0.752. The van der Waals surface area contributed by atoms with Crippen molar-refractivity contribution in [3.63, 3.8) is 0 Å². The summed E-state index contributed by atoms with van der Waals surface area (Å²) >= 11 is 0. The minimum absolute atomic E-state index is 0.00923. The first kappa shape index (κ1) is 17.7. The van der Waals surface area contributed by atoms with Crippen molar-refractivity contribution in [1.82, 2.24) is 0 Å². The normalized spacial score (nSPS) is 36.5. The van der Waals surface area contributed by atoms with Crippen LogP contribution < -0.4 is 0 Å². The predicted molar refractivity (Wildman–Crippen MR) is 92.6 cm³/mol. The van der Waals surface area contributed by atoms with Crippen LogP contribution in [0.25, 0.3) is 0 Å². The predicted octanol–water partition coefficient (Wildman–Crippen LogP) is 4.47. The summed E-state index contributed by atoms with van der Waals surface area (Å²) in [6, 6.07) is 0. The summed E-state index contributed by atoms with van der Waals surface area (Å²) < 4.78 is 0. The van der Waals surface area contributed by atoms with E-state index < -0.39 is 6.10 Å². The van der Waals surface area contributed by atoms with Gasteiger partial charge in [0, 0.05) is 0 Å². The number of fused-ring (bicyclic) bond motifs is 1. The van der Waals surface area contributed by atoms with Gasteiger partial charge in [-0.1, -0.05) is 44.9 Å². The maximum atomic E-state index is 10.5. The lowest BCUT2D eigenvalue weighted by Crippen LogP contribution is -2.49. The fourth-order valence-electron chi connectivity index (χ4n) is 5.28. The van der Waals surface area contributed by atoms with Crippen molar-refractivity contribution >= 4 is 0 Å². The van der Waals surface area contributed by atoms with Crippen molar-refractivity contribution in [3.05, 3.63) is 23.3 Å². The van der Waals surface area contributed by atoms with E-state index in [4.69, 9.17) is 5.11 Å². The summed E-state index contributed by atoms with van der Waals surface area (Å²) in [4.78, 5) is 0. The fourth-order valence-corrected chi connectivity index (χ4v) is 5.28. The van der Waals surface area contributed by atoms with Crippen LogP contribution in [0.5, 0.6) is 0 Å². The molecule has 2 N–H and O–H groups in total. The number of hydrogen-bond donors (Lipinski definition) is 2. The van der Waals surface area contributed by atoms with Crippen molar-refractivity contribution in [1.29, 1.82) is 0 Å². The lowest BCUT2D eigenvalue weighted by atomic mass is 9.48. The lowest BCUT2D eigenvalue weighted by Gasteiger charge is -2.57. The summed E-state index contributed by atoms with van der Waals surface area (Å²) in [6.45, 7) is 11.5. The van der Waals surface area contributed by atoms with E-state index in [1.165, 1.54) is 31.3 Å². The zero-order valence-electron chi connectivity index (χ0n) is 15.0. The highest BCUT2D eigenvalue weighted by atomic mass is 16.3. The average molecular weight is 306 g/mol. The van der Waals surface area contributed by atoms with Crippen LogP contribution >= 0.6 is 0 Å². The van der Waals surface area contributed by atoms with Crippen LogP contribution in [-0.2, 0) is 0 Å². The van der Waals surface area contributed by atoms with Crippen LogP contribution in [0.4, 0.5) is 0 Å². The molecule has 0 spiro atoms. The largest absolute Gasteiger partial charge is 0.392 e. The average Bonchev–Trinajstić information content (AvgIpc) is 2.42. The van der Waals surface area contributed by atoms with Crippen molar-refractivity contribution in [2.75, 3.05) is 6.61 Å². The molecule has 2 rings (SSSR count). The van der Waals surface area contributed by atoms with E-state index in [0.717, 1.165) is 12.0 Å². The lowest BCUT2D eigenvalue weighted by molar-refractivity contribution is -0.0469. The van der Waals surface area contributed by atoms with Gasteiger partial charge in [-0.25, -0.2) is 0 Å². The molecule has 0 aliphatic heterocycles. The Bertz CT molecular complexity index is 460. The molecule has 4 atom stereocenters. The molecule has 0 bridgehead atoms. The summed E-state index contributed by atoms with van der Waals surface area (Å²) in [5.74, 6) is 1.15. The zero-order valence-corrected chi connectivity index (χ0v) is 15.0. The molecule has 2 heteroatoms. The van der Waals surface area contributed by atoms with Gasteiger partial charge in [-0.2, -0.15) is 0 Å². The van der Waals surface area contributed by atoms with Gasteiger partial charge in [0.2, 0.25) is 0 Å². The Labute approximate surface area is 136 Å². The smallest absolute Gasteiger partial charge is 0.0754 e. The Morgan fingerprint density at radius 3 is 2.68 bits per heavy atom. The Kier molecular flexibility index (Phi) is 5.23. The van der Waals surface area contributed by atoms with Gasteiger partial charge in [-0.15, -0.1) is 0 Å². The third-order valence-corrected chi connectivity index (χ3v) is 6.69. The Morgan fingerprint density at radius 2 is 2.05 bits per heavy atom. The molecular weight excluding hydrogens is 272 g/mol.